The molecule has 2 heterocycles. The van der Waals surface area contributed by atoms with Crippen molar-refractivity contribution in [3.8, 4) is 23.0 Å². The third-order valence-corrected chi connectivity index (χ3v) is 4.57. The Morgan fingerprint density at radius 1 is 1.10 bits per heavy atom. The second kappa shape index (κ2) is 8.10. The maximum atomic E-state index is 13.1. The number of hydrogen-bond donors (Lipinski definition) is 1. The molecule has 0 aliphatic rings. The molecule has 1 N–H and O–H groups in total. The van der Waals surface area contributed by atoms with Crippen molar-refractivity contribution in [3.63, 3.8) is 0 Å². The van der Waals surface area contributed by atoms with Gasteiger partial charge >= 0.3 is 0 Å². The highest BCUT2D eigenvalue weighted by atomic mass is 19.1. The van der Waals surface area contributed by atoms with Crippen LogP contribution in [0.4, 0.5) is 4.39 Å². The zero-order valence-electron chi connectivity index (χ0n) is 15.7. The molecule has 0 spiro atoms. The van der Waals surface area contributed by atoms with Crippen LogP contribution >= 0.6 is 0 Å². The number of amides is 1. The molecule has 1 unspecified atom stereocenters. The Labute approximate surface area is 167 Å². The van der Waals surface area contributed by atoms with Crippen LogP contribution in [0.2, 0.25) is 0 Å². The monoisotopic (exact) mass is 390 g/mol. The van der Waals surface area contributed by atoms with Crippen molar-refractivity contribution in [2.24, 2.45) is 0 Å². The second-order valence-electron chi connectivity index (χ2n) is 6.65. The number of benzene rings is 2. The fourth-order valence-corrected chi connectivity index (χ4v) is 3.06. The highest BCUT2D eigenvalue weighted by molar-refractivity contribution is 5.77. The fraction of sp³-hybridized carbons (Fsp3) is 0.136. The van der Waals surface area contributed by atoms with Crippen molar-refractivity contribution in [2.45, 2.75) is 19.5 Å². The molecular formula is C22H19FN4O2. The summed E-state index contributed by atoms with van der Waals surface area (Å²) < 4.78 is 20.2. The van der Waals surface area contributed by atoms with Gasteiger partial charge in [0.2, 0.25) is 11.7 Å². The van der Waals surface area contributed by atoms with Gasteiger partial charge in [-0.2, -0.15) is 4.98 Å². The molecule has 2 aromatic heterocycles. The van der Waals surface area contributed by atoms with E-state index in [9.17, 15) is 9.18 Å². The molecule has 0 radical (unpaired) electrons. The van der Waals surface area contributed by atoms with Gasteiger partial charge in [-0.25, -0.2) is 4.39 Å². The molecule has 146 valence electrons. The van der Waals surface area contributed by atoms with Crippen molar-refractivity contribution < 1.29 is 13.7 Å². The molecule has 29 heavy (non-hydrogen) atoms. The summed E-state index contributed by atoms with van der Waals surface area (Å²) >= 11 is 0. The first-order chi connectivity index (χ1) is 14.1. The van der Waals surface area contributed by atoms with Crippen LogP contribution in [0.5, 0.6) is 0 Å². The van der Waals surface area contributed by atoms with Gasteiger partial charge in [-0.05, 0) is 48.9 Å². The van der Waals surface area contributed by atoms with Gasteiger partial charge in [0.25, 0.3) is 5.89 Å². The minimum absolute atomic E-state index is 0.101. The van der Waals surface area contributed by atoms with E-state index >= 15 is 0 Å². The summed E-state index contributed by atoms with van der Waals surface area (Å²) in [4.78, 5) is 16.9. The number of aromatic nitrogens is 3. The van der Waals surface area contributed by atoms with Crippen molar-refractivity contribution in [3.05, 3.63) is 84.3 Å². The van der Waals surface area contributed by atoms with Crippen LogP contribution in [0, 0.1) is 5.82 Å². The van der Waals surface area contributed by atoms with Crippen molar-refractivity contribution >= 4 is 5.91 Å². The van der Waals surface area contributed by atoms with Gasteiger partial charge in [0.1, 0.15) is 18.1 Å². The van der Waals surface area contributed by atoms with E-state index in [1.54, 1.807) is 29.0 Å². The Morgan fingerprint density at radius 3 is 2.62 bits per heavy atom. The average Bonchev–Trinajstić information content (AvgIpc) is 3.38. The Hall–Kier alpha value is -3.74. The second-order valence-corrected chi connectivity index (χ2v) is 6.65. The summed E-state index contributed by atoms with van der Waals surface area (Å²) in [5.41, 5.74) is 2.32. The molecule has 0 saturated carbocycles. The van der Waals surface area contributed by atoms with E-state index < -0.39 is 0 Å². The molecule has 0 fully saturated rings. The topological polar surface area (TPSA) is 73.0 Å². The number of nitrogens with one attached hydrogen (secondary N) is 1. The van der Waals surface area contributed by atoms with Gasteiger partial charge in [-0.15, -0.1) is 0 Å². The molecule has 1 amide bonds. The molecule has 1 atom stereocenters. The summed E-state index contributed by atoms with van der Waals surface area (Å²) in [7, 11) is 0. The molecule has 4 rings (SSSR count). The minimum atomic E-state index is -0.331. The lowest BCUT2D eigenvalue weighted by molar-refractivity contribution is -0.122. The fourth-order valence-electron chi connectivity index (χ4n) is 3.06. The van der Waals surface area contributed by atoms with E-state index in [-0.39, 0.29) is 24.3 Å². The van der Waals surface area contributed by atoms with Crippen LogP contribution in [0.15, 0.2) is 77.4 Å². The number of nitrogens with zero attached hydrogens (tertiary/aromatic N) is 3. The van der Waals surface area contributed by atoms with Crippen molar-refractivity contribution in [2.75, 3.05) is 0 Å². The third kappa shape index (κ3) is 4.24. The van der Waals surface area contributed by atoms with E-state index in [2.05, 4.69) is 15.5 Å². The summed E-state index contributed by atoms with van der Waals surface area (Å²) in [6, 6.07) is 19.1. The number of hydrogen-bond acceptors (Lipinski definition) is 4. The molecule has 7 heteroatoms. The largest absolute Gasteiger partial charge is 0.348 e. The lowest BCUT2D eigenvalue weighted by Gasteiger charge is -2.15. The molecule has 0 aliphatic carbocycles. The lowest BCUT2D eigenvalue weighted by atomic mass is 10.1. The number of rotatable bonds is 6. The maximum Gasteiger partial charge on any atom is 0.274 e. The minimum Gasteiger partial charge on any atom is -0.348 e. The van der Waals surface area contributed by atoms with Crippen LogP contribution in [0.3, 0.4) is 0 Å². The summed E-state index contributed by atoms with van der Waals surface area (Å²) in [5, 5.41) is 6.95. The number of carbonyl (C=O) groups is 1. The van der Waals surface area contributed by atoms with Crippen LogP contribution < -0.4 is 5.32 Å². The predicted octanol–water partition coefficient (Wildman–Crippen LogP) is 4.22. The van der Waals surface area contributed by atoms with E-state index in [1.807, 2.05) is 43.3 Å². The van der Waals surface area contributed by atoms with Gasteiger partial charge in [-0.1, -0.05) is 35.5 Å². The summed E-state index contributed by atoms with van der Waals surface area (Å²) in [5.74, 6) is 0.187. The van der Waals surface area contributed by atoms with Gasteiger partial charge in [0.15, 0.2) is 0 Å². The Balaban J connectivity index is 1.47. The maximum absolute atomic E-state index is 13.1. The Morgan fingerprint density at radius 2 is 1.86 bits per heavy atom. The molecule has 0 aliphatic heterocycles. The predicted molar refractivity (Wildman–Crippen MR) is 106 cm³/mol. The normalized spacial score (nSPS) is 11.9. The molecular weight excluding hydrogens is 371 g/mol. The van der Waals surface area contributed by atoms with Gasteiger partial charge in [0, 0.05) is 11.8 Å². The Kier molecular flexibility index (Phi) is 5.20. The molecule has 6 nitrogen and oxygen atoms in total. The standard InChI is InChI=1S/C22H19FN4O2/c1-15(16-6-3-2-4-7-16)24-20(28)14-27-13-5-8-19(27)22-25-21(26-29-22)17-9-11-18(23)12-10-17/h2-13,15H,14H2,1H3,(H,24,28). The van der Waals surface area contributed by atoms with Crippen LogP contribution in [-0.2, 0) is 11.3 Å². The number of halogens is 1. The first-order valence-corrected chi connectivity index (χ1v) is 9.19. The van der Waals surface area contributed by atoms with Crippen molar-refractivity contribution in [1.29, 1.82) is 0 Å². The summed E-state index contributed by atoms with van der Waals surface area (Å²) in [6.45, 7) is 2.06. The van der Waals surface area contributed by atoms with E-state index in [0.29, 0.717) is 23.0 Å². The number of carbonyl (C=O) groups excluding carboxylic acids is 1. The van der Waals surface area contributed by atoms with Gasteiger partial charge < -0.3 is 14.4 Å². The molecule has 0 bridgehead atoms. The van der Waals surface area contributed by atoms with E-state index in [4.69, 9.17) is 4.52 Å². The molecule has 4 aromatic rings. The zero-order valence-corrected chi connectivity index (χ0v) is 15.7. The molecule has 2 aromatic carbocycles. The first kappa shape index (κ1) is 18.6. The van der Waals surface area contributed by atoms with Crippen LogP contribution in [-0.4, -0.2) is 20.6 Å². The SMILES string of the molecule is CC(NC(=O)Cn1cccc1-c1nc(-c2ccc(F)cc2)no1)c1ccccc1. The molecule has 0 saturated heterocycles. The Bertz CT molecular complexity index is 1100. The smallest absolute Gasteiger partial charge is 0.274 e. The van der Waals surface area contributed by atoms with Gasteiger partial charge in [0.05, 0.1) is 6.04 Å². The van der Waals surface area contributed by atoms with Crippen LogP contribution in [0.25, 0.3) is 23.0 Å². The van der Waals surface area contributed by atoms with E-state index in [1.165, 1.54) is 12.1 Å². The quantitative estimate of drug-likeness (QED) is 0.535. The van der Waals surface area contributed by atoms with Gasteiger partial charge in [-0.3, -0.25) is 4.79 Å². The first-order valence-electron chi connectivity index (χ1n) is 9.19. The van der Waals surface area contributed by atoms with E-state index in [0.717, 1.165) is 5.56 Å². The zero-order chi connectivity index (χ0) is 20.2. The van der Waals surface area contributed by atoms with Crippen molar-refractivity contribution in [1.82, 2.24) is 20.0 Å². The summed E-state index contributed by atoms with van der Waals surface area (Å²) in [6.07, 6.45) is 1.78. The highest BCUT2D eigenvalue weighted by Gasteiger charge is 2.16. The van der Waals surface area contributed by atoms with Crippen LogP contribution in [0.1, 0.15) is 18.5 Å². The highest BCUT2D eigenvalue weighted by Crippen LogP contribution is 2.23. The average molecular weight is 390 g/mol. The third-order valence-electron chi connectivity index (χ3n) is 4.57. The lowest BCUT2D eigenvalue weighted by Crippen LogP contribution is -2.30.